The van der Waals surface area contributed by atoms with Crippen LogP contribution in [0.5, 0.6) is 0 Å². The lowest BCUT2D eigenvalue weighted by atomic mass is 10.2. The summed E-state index contributed by atoms with van der Waals surface area (Å²) in [6.07, 6.45) is 6.74. The fourth-order valence-electron chi connectivity index (χ4n) is 2.13. The van der Waals surface area contributed by atoms with Crippen LogP contribution in [0.25, 0.3) is 11.5 Å². The van der Waals surface area contributed by atoms with Gasteiger partial charge in [-0.25, -0.2) is 15.0 Å². The highest BCUT2D eigenvalue weighted by Crippen LogP contribution is 2.24. The monoisotopic (exact) mass is 273 g/mol. The molecule has 0 saturated carbocycles. The van der Waals surface area contributed by atoms with Crippen molar-refractivity contribution in [2.24, 2.45) is 7.05 Å². The lowest BCUT2D eigenvalue weighted by Gasteiger charge is -2.13. The van der Waals surface area contributed by atoms with Crippen molar-refractivity contribution in [3.63, 3.8) is 0 Å². The lowest BCUT2D eigenvalue weighted by Crippen LogP contribution is -2.10. The van der Waals surface area contributed by atoms with E-state index in [1.54, 1.807) is 6.20 Å². The van der Waals surface area contributed by atoms with Gasteiger partial charge >= 0.3 is 0 Å². The summed E-state index contributed by atoms with van der Waals surface area (Å²) in [6, 6.07) is 0. The average molecular weight is 273 g/mol. The van der Waals surface area contributed by atoms with Crippen LogP contribution in [0.4, 0.5) is 5.82 Å². The molecule has 0 aromatic carbocycles. The van der Waals surface area contributed by atoms with E-state index in [4.69, 9.17) is 4.98 Å². The molecule has 2 aromatic heterocycles. The highest BCUT2D eigenvalue weighted by atomic mass is 15.1. The second-order valence-corrected chi connectivity index (χ2v) is 5.00. The van der Waals surface area contributed by atoms with Crippen molar-refractivity contribution in [3.05, 3.63) is 23.8 Å². The molecule has 0 spiro atoms. The first-order valence-corrected chi connectivity index (χ1v) is 7.26. The molecule has 5 nitrogen and oxygen atoms in total. The third-order valence-electron chi connectivity index (χ3n) is 3.24. The van der Waals surface area contributed by atoms with Gasteiger partial charge in [0.15, 0.2) is 5.82 Å². The maximum Gasteiger partial charge on any atom is 0.158 e. The molecule has 2 rings (SSSR count). The van der Waals surface area contributed by atoms with Crippen molar-refractivity contribution in [1.82, 2.24) is 19.5 Å². The van der Waals surface area contributed by atoms with Crippen molar-refractivity contribution < 1.29 is 0 Å². The Bertz CT molecular complexity index is 574. The van der Waals surface area contributed by atoms with Gasteiger partial charge in [0, 0.05) is 38.0 Å². The van der Waals surface area contributed by atoms with E-state index in [1.165, 1.54) is 0 Å². The van der Waals surface area contributed by atoms with E-state index < -0.39 is 0 Å². The zero-order valence-electron chi connectivity index (χ0n) is 12.8. The molecule has 2 aromatic rings. The third-order valence-corrected chi connectivity index (χ3v) is 3.24. The van der Waals surface area contributed by atoms with Gasteiger partial charge in [-0.15, -0.1) is 0 Å². The summed E-state index contributed by atoms with van der Waals surface area (Å²) in [4.78, 5) is 13.8. The van der Waals surface area contributed by atoms with Crippen LogP contribution < -0.4 is 5.32 Å². The van der Waals surface area contributed by atoms with E-state index in [1.807, 2.05) is 17.8 Å². The summed E-state index contributed by atoms with van der Waals surface area (Å²) >= 11 is 0. The molecule has 0 saturated heterocycles. The summed E-state index contributed by atoms with van der Waals surface area (Å²) in [7, 11) is 1.99. The van der Waals surface area contributed by atoms with Gasteiger partial charge in [-0.3, -0.25) is 0 Å². The van der Waals surface area contributed by atoms with Gasteiger partial charge in [0.25, 0.3) is 0 Å². The number of nitrogens with one attached hydrogen (secondary N) is 1. The number of imidazole rings is 1. The van der Waals surface area contributed by atoms with Gasteiger partial charge in [-0.2, -0.15) is 0 Å². The van der Waals surface area contributed by atoms with E-state index in [2.05, 4.69) is 36.1 Å². The van der Waals surface area contributed by atoms with Crippen molar-refractivity contribution >= 4 is 5.82 Å². The van der Waals surface area contributed by atoms with Gasteiger partial charge in [0.1, 0.15) is 17.3 Å². The molecule has 20 heavy (non-hydrogen) atoms. The molecule has 108 valence electrons. The molecule has 0 radical (unpaired) electrons. The molecular weight excluding hydrogens is 250 g/mol. The minimum Gasteiger partial charge on any atom is -0.370 e. The molecule has 0 aliphatic carbocycles. The first-order valence-electron chi connectivity index (χ1n) is 7.26. The van der Waals surface area contributed by atoms with Gasteiger partial charge in [-0.1, -0.05) is 13.8 Å². The summed E-state index contributed by atoms with van der Waals surface area (Å²) < 4.78 is 1.99. The zero-order chi connectivity index (χ0) is 14.5. The predicted molar refractivity (Wildman–Crippen MR) is 81.7 cm³/mol. The Hall–Kier alpha value is -1.91. The Balaban J connectivity index is 2.48. The van der Waals surface area contributed by atoms with Gasteiger partial charge in [0.2, 0.25) is 0 Å². The van der Waals surface area contributed by atoms with Crippen molar-refractivity contribution in [3.8, 4) is 11.5 Å². The Morgan fingerprint density at radius 3 is 2.60 bits per heavy atom. The summed E-state index contributed by atoms with van der Waals surface area (Å²) in [5.41, 5.74) is 1.99. The number of nitrogens with zero attached hydrogens (tertiary/aromatic N) is 4. The maximum absolute atomic E-state index is 4.70. The van der Waals surface area contributed by atoms with Crippen LogP contribution >= 0.6 is 0 Å². The molecule has 0 bridgehead atoms. The molecule has 0 unspecified atom stereocenters. The second kappa shape index (κ2) is 6.50. The van der Waals surface area contributed by atoms with Crippen LogP contribution in [-0.4, -0.2) is 26.1 Å². The van der Waals surface area contributed by atoms with E-state index in [0.717, 1.165) is 54.5 Å². The molecule has 1 N–H and O–H groups in total. The molecule has 0 aliphatic heterocycles. The van der Waals surface area contributed by atoms with Crippen molar-refractivity contribution in [2.45, 2.75) is 40.0 Å². The molecule has 2 heterocycles. The second-order valence-electron chi connectivity index (χ2n) is 5.00. The van der Waals surface area contributed by atoms with Crippen LogP contribution in [0.2, 0.25) is 0 Å². The molecular formula is C15H23N5. The third kappa shape index (κ3) is 2.98. The average Bonchev–Trinajstić information content (AvgIpc) is 2.85. The normalized spacial score (nSPS) is 10.8. The smallest absolute Gasteiger partial charge is 0.158 e. The van der Waals surface area contributed by atoms with E-state index >= 15 is 0 Å². The Morgan fingerprint density at radius 1 is 1.20 bits per heavy atom. The summed E-state index contributed by atoms with van der Waals surface area (Å²) in [5, 5.41) is 3.40. The van der Waals surface area contributed by atoms with Crippen LogP contribution in [0, 0.1) is 6.92 Å². The van der Waals surface area contributed by atoms with Crippen LogP contribution in [0.1, 0.15) is 38.1 Å². The predicted octanol–water partition coefficient (Wildman–Crippen LogP) is 2.96. The molecule has 0 aliphatic rings. The highest BCUT2D eigenvalue weighted by Gasteiger charge is 2.15. The quantitative estimate of drug-likeness (QED) is 0.879. The van der Waals surface area contributed by atoms with Gasteiger partial charge < -0.3 is 9.88 Å². The molecule has 5 heteroatoms. The molecule has 0 atom stereocenters. The van der Waals surface area contributed by atoms with Crippen molar-refractivity contribution in [2.75, 3.05) is 11.9 Å². The Labute approximate surface area is 120 Å². The number of hydrogen-bond donors (Lipinski definition) is 1. The largest absolute Gasteiger partial charge is 0.370 e. The summed E-state index contributed by atoms with van der Waals surface area (Å²) in [6.45, 7) is 7.26. The van der Waals surface area contributed by atoms with E-state index in [9.17, 15) is 0 Å². The number of aryl methyl sites for hydroxylation is 2. The van der Waals surface area contributed by atoms with Crippen LogP contribution in [0.3, 0.4) is 0 Å². The fraction of sp³-hybridized carbons (Fsp3) is 0.533. The van der Waals surface area contributed by atoms with Crippen LogP contribution in [0.15, 0.2) is 12.4 Å². The topological polar surface area (TPSA) is 55.6 Å². The van der Waals surface area contributed by atoms with E-state index in [0.29, 0.717) is 0 Å². The van der Waals surface area contributed by atoms with E-state index in [-0.39, 0.29) is 0 Å². The maximum atomic E-state index is 4.70. The minimum absolute atomic E-state index is 0.884. The minimum atomic E-state index is 0.884. The highest BCUT2D eigenvalue weighted by molar-refractivity contribution is 5.63. The Kier molecular flexibility index (Phi) is 4.71. The van der Waals surface area contributed by atoms with Crippen LogP contribution in [-0.2, 0) is 13.5 Å². The number of aromatic nitrogens is 4. The SMILES string of the molecule is CCCNc1nc(CCC)nc(-c2nccn2C)c1C. The standard InChI is InChI=1S/C15H23N5/c1-5-7-12-18-13(15-17-9-10-20(15)4)11(3)14(19-12)16-8-6-2/h9-10H,5-8H2,1-4H3,(H,16,18,19). The van der Waals surface area contributed by atoms with Gasteiger partial charge in [-0.05, 0) is 19.8 Å². The molecule has 0 fully saturated rings. The summed E-state index contributed by atoms with van der Waals surface area (Å²) in [5.74, 6) is 2.71. The number of anilines is 1. The zero-order valence-corrected chi connectivity index (χ0v) is 12.8. The first-order chi connectivity index (χ1) is 9.67. The number of rotatable bonds is 6. The molecule has 0 amide bonds. The van der Waals surface area contributed by atoms with Crippen molar-refractivity contribution in [1.29, 1.82) is 0 Å². The first kappa shape index (κ1) is 14.5. The Morgan fingerprint density at radius 2 is 2.00 bits per heavy atom. The lowest BCUT2D eigenvalue weighted by molar-refractivity contribution is 0.822. The van der Waals surface area contributed by atoms with Gasteiger partial charge in [0.05, 0.1) is 0 Å². The fourth-order valence-corrected chi connectivity index (χ4v) is 2.13. The number of hydrogen-bond acceptors (Lipinski definition) is 4.